The number of hydrogen-bond donors (Lipinski definition) is 0. The molecule has 0 aromatic carbocycles. The summed E-state index contributed by atoms with van der Waals surface area (Å²) < 4.78 is 0. The van der Waals surface area contributed by atoms with E-state index < -0.39 is 0 Å². The van der Waals surface area contributed by atoms with E-state index in [9.17, 15) is 4.79 Å². The van der Waals surface area contributed by atoms with Crippen LogP contribution in [0.15, 0.2) is 12.4 Å². The number of hydrogen-bond acceptors (Lipinski definition) is 5. The number of piperazine rings is 1. The highest BCUT2D eigenvalue weighted by molar-refractivity contribution is 5.74. The monoisotopic (exact) mass is 357 g/mol. The first-order valence-electron chi connectivity index (χ1n) is 10.2. The second kappa shape index (κ2) is 8.01. The predicted molar refractivity (Wildman–Crippen MR) is 101 cm³/mol. The fourth-order valence-electron chi connectivity index (χ4n) is 4.90. The maximum atomic E-state index is 11.8. The lowest BCUT2D eigenvalue weighted by Crippen LogP contribution is -2.49. The molecule has 1 aliphatic carbocycles. The van der Waals surface area contributed by atoms with Gasteiger partial charge >= 0.3 is 0 Å². The Balaban J connectivity index is 1.35. The molecule has 1 unspecified atom stereocenters. The zero-order chi connectivity index (χ0) is 17.9. The number of nitrogens with zero attached hydrogens (tertiary/aromatic N) is 5. The number of likely N-dealkylation sites (tertiary alicyclic amines) is 1. The molecule has 1 atom stereocenters. The lowest BCUT2D eigenvalue weighted by Gasteiger charge is -2.37. The standard InChI is InChI=1S/C20H31N5O/c1-16(26)25-8-4-7-20(25)19-14-21-13-17(22-19)15-23-9-11-24(12-10-23)18-5-2-3-6-18/h13-14,18,20H,2-12,15H2,1H3. The summed E-state index contributed by atoms with van der Waals surface area (Å²) in [5, 5.41) is 0. The first-order chi connectivity index (χ1) is 12.7. The maximum absolute atomic E-state index is 11.8. The molecule has 26 heavy (non-hydrogen) atoms. The Hall–Kier alpha value is -1.53. The van der Waals surface area contributed by atoms with Gasteiger partial charge in [0.1, 0.15) is 0 Å². The van der Waals surface area contributed by atoms with Crippen LogP contribution in [0, 0.1) is 0 Å². The molecule has 2 saturated heterocycles. The van der Waals surface area contributed by atoms with E-state index in [0.29, 0.717) is 0 Å². The van der Waals surface area contributed by atoms with Gasteiger partial charge < -0.3 is 4.90 Å². The van der Waals surface area contributed by atoms with Crippen molar-refractivity contribution in [3.05, 3.63) is 23.8 Å². The van der Waals surface area contributed by atoms with Gasteiger partial charge in [-0.2, -0.15) is 0 Å². The molecule has 1 aromatic rings. The van der Waals surface area contributed by atoms with Gasteiger partial charge in [0.2, 0.25) is 5.91 Å². The zero-order valence-electron chi connectivity index (χ0n) is 15.9. The van der Waals surface area contributed by atoms with Crippen LogP contribution in [0.3, 0.4) is 0 Å². The average Bonchev–Trinajstić information content (AvgIpc) is 3.35. The normalized spacial score (nSPS) is 25.9. The molecule has 3 heterocycles. The van der Waals surface area contributed by atoms with Crippen LogP contribution in [-0.4, -0.2) is 69.3 Å². The average molecular weight is 358 g/mol. The van der Waals surface area contributed by atoms with Crippen molar-refractivity contribution in [3.63, 3.8) is 0 Å². The van der Waals surface area contributed by atoms with E-state index in [1.54, 1.807) is 6.92 Å². The highest BCUT2D eigenvalue weighted by atomic mass is 16.2. The van der Waals surface area contributed by atoms with E-state index in [1.807, 2.05) is 17.3 Å². The van der Waals surface area contributed by atoms with Crippen molar-refractivity contribution in [2.75, 3.05) is 32.7 Å². The molecular formula is C20H31N5O. The zero-order valence-corrected chi connectivity index (χ0v) is 15.9. The molecule has 1 amide bonds. The minimum atomic E-state index is 0.110. The summed E-state index contributed by atoms with van der Waals surface area (Å²) in [6.45, 7) is 7.95. The molecular weight excluding hydrogens is 326 g/mol. The fourth-order valence-corrected chi connectivity index (χ4v) is 4.90. The van der Waals surface area contributed by atoms with Crippen LogP contribution < -0.4 is 0 Å². The molecule has 0 spiro atoms. The van der Waals surface area contributed by atoms with Crippen LogP contribution in [-0.2, 0) is 11.3 Å². The van der Waals surface area contributed by atoms with Gasteiger partial charge in [0.15, 0.2) is 0 Å². The molecule has 1 aromatic heterocycles. The molecule has 3 aliphatic rings. The SMILES string of the molecule is CC(=O)N1CCCC1c1cncc(CN2CCN(C3CCCC3)CC2)n1. The smallest absolute Gasteiger partial charge is 0.220 e. The minimum Gasteiger partial charge on any atom is -0.334 e. The van der Waals surface area contributed by atoms with Crippen molar-refractivity contribution < 1.29 is 4.79 Å². The molecule has 0 radical (unpaired) electrons. The topological polar surface area (TPSA) is 52.6 Å². The Morgan fingerprint density at radius 1 is 1.04 bits per heavy atom. The minimum absolute atomic E-state index is 0.110. The van der Waals surface area contributed by atoms with Gasteiger partial charge in [0.05, 0.1) is 23.6 Å². The van der Waals surface area contributed by atoms with Crippen molar-refractivity contribution in [2.45, 2.75) is 64.1 Å². The van der Waals surface area contributed by atoms with Gasteiger partial charge in [0.25, 0.3) is 0 Å². The van der Waals surface area contributed by atoms with Gasteiger partial charge in [0, 0.05) is 58.4 Å². The van der Waals surface area contributed by atoms with Crippen molar-refractivity contribution in [2.24, 2.45) is 0 Å². The quantitative estimate of drug-likeness (QED) is 0.827. The highest BCUT2D eigenvalue weighted by Crippen LogP contribution is 2.30. The third-order valence-electron chi connectivity index (χ3n) is 6.34. The van der Waals surface area contributed by atoms with E-state index in [0.717, 1.165) is 56.5 Å². The second-order valence-electron chi connectivity index (χ2n) is 8.06. The Bertz CT molecular complexity index is 622. The number of amides is 1. The van der Waals surface area contributed by atoms with Crippen molar-refractivity contribution >= 4 is 5.91 Å². The number of carbonyl (C=O) groups excluding carboxylic acids is 1. The highest BCUT2D eigenvalue weighted by Gasteiger charge is 2.30. The summed E-state index contributed by atoms with van der Waals surface area (Å²) in [7, 11) is 0. The van der Waals surface area contributed by atoms with E-state index >= 15 is 0 Å². The van der Waals surface area contributed by atoms with Crippen molar-refractivity contribution in [3.8, 4) is 0 Å². The third kappa shape index (κ3) is 3.91. The van der Waals surface area contributed by atoms with Gasteiger partial charge in [-0.25, -0.2) is 0 Å². The Morgan fingerprint density at radius 3 is 2.54 bits per heavy atom. The molecule has 4 rings (SSSR count). The van der Waals surface area contributed by atoms with E-state index in [1.165, 1.54) is 38.8 Å². The van der Waals surface area contributed by atoms with Gasteiger partial charge in [-0.15, -0.1) is 0 Å². The first kappa shape index (κ1) is 17.9. The number of rotatable bonds is 4. The molecule has 1 saturated carbocycles. The van der Waals surface area contributed by atoms with E-state index in [4.69, 9.17) is 4.98 Å². The van der Waals surface area contributed by atoms with Crippen LogP contribution >= 0.6 is 0 Å². The first-order valence-corrected chi connectivity index (χ1v) is 10.2. The van der Waals surface area contributed by atoms with Crippen LogP contribution in [0.25, 0.3) is 0 Å². The Morgan fingerprint density at radius 2 is 1.81 bits per heavy atom. The molecule has 6 heteroatoms. The molecule has 2 aliphatic heterocycles. The number of aromatic nitrogens is 2. The molecule has 0 N–H and O–H groups in total. The fraction of sp³-hybridized carbons (Fsp3) is 0.750. The lowest BCUT2D eigenvalue weighted by atomic mass is 10.1. The molecule has 142 valence electrons. The summed E-state index contributed by atoms with van der Waals surface area (Å²) in [6.07, 6.45) is 11.4. The summed E-state index contributed by atoms with van der Waals surface area (Å²) in [4.78, 5) is 28.3. The van der Waals surface area contributed by atoms with Crippen molar-refractivity contribution in [1.29, 1.82) is 0 Å². The number of carbonyl (C=O) groups is 1. The van der Waals surface area contributed by atoms with Crippen LogP contribution in [0.2, 0.25) is 0 Å². The van der Waals surface area contributed by atoms with Gasteiger partial charge in [-0.3, -0.25) is 24.6 Å². The summed E-state index contributed by atoms with van der Waals surface area (Å²) in [6, 6.07) is 0.944. The second-order valence-corrected chi connectivity index (χ2v) is 8.06. The maximum Gasteiger partial charge on any atom is 0.220 e. The van der Waals surface area contributed by atoms with Crippen molar-refractivity contribution in [1.82, 2.24) is 24.7 Å². The Labute approximate surface area is 156 Å². The van der Waals surface area contributed by atoms with Crippen LogP contribution in [0.5, 0.6) is 0 Å². The lowest BCUT2D eigenvalue weighted by molar-refractivity contribution is -0.129. The van der Waals surface area contributed by atoms with E-state index in [2.05, 4.69) is 14.8 Å². The summed E-state index contributed by atoms with van der Waals surface area (Å²) >= 11 is 0. The van der Waals surface area contributed by atoms with Crippen LogP contribution in [0.4, 0.5) is 0 Å². The molecule has 3 fully saturated rings. The molecule has 0 bridgehead atoms. The molecule has 6 nitrogen and oxygen atoms in total. The van der Waals surface area contributed by atoms with E-state index in [-0.39, 0.29) is 11.9 Å². The summed E-state index contributed by atoms with van der Waals surface area (Å²) in [5.41, 5.74) is 1.99. The van der Waals surface area contributed by atoms with Gasteiger partial charge in [-0.05, 0) is 25.7 Å². The summed E-state index contributed by atoms with van der Waals surface area (Å²) in [5.74, 6) is 0.141. The van der Waals surface area contributed by atoms with Gasteiger partial charge in [-0.1, -0.05) is 12.8 Å². The Kier molecular flexibility index (Phi) is 5.50. The predicted octanol–water partition coefficient (Wildman–Crippen LogP) is 2.22. The third-order valence-corrected chi connectivity index (χ3v) is 6.34. The largest absolute Gasteiger partial charge is 0.334 e. The van der Waals surface area contributed by atoms with Crippen LogP contribution in [0.1, 0.15) is 62.9 Å².